The van der Waals surface area contributed by atoms with Gasteiger partial charge in [-0.3, -0.25) is 4.79 Å². The third-order valence-electron chi connectivity index (χ3n) is 2.12. The first-order valence-electron chi connectivity index (χ1n) is 4.81. The summed E-state index contributed by atoms with van der Waals surface area (Å²) in [6.07, 6.45) is 0.103. The van der Waals surface area contributed by atoms with E-state index in [0.717, 1.165) is 12.1 Å². The number of aryl methyl sites for hydroxylation is 1. The molecule has 16 heavy (non-hydrogen) atoms. The summed E-state index contributed by atoms with van der Waals surface area (Å²) in [7, 11) is 1.27. The molecule has 1 aromatic carbocycles. The molecule has 1 rings (SSSR count). The van der Waals surface area contributed by atoms with E-state index in [-0.39, 0.29) is 24.2 Å². The SMILES string of the molecule is COC(=O)CCNc1cc(F)c(C)cc1F. The third kappa shape index (κ3) is 3.18. The van der Waals surface area contributed by atoms with Crippen LogP contribution in [0.15, 0.2) is 12.1 Å². The maximum Gasteiger partial charge on any atom is 0.307 e. The highest BCUT2D eigenvalue weighted by Gasteiger charge is 2.07. The van der Waals surface area contributed by atoms with Crippen molar-refractivity contribution in [2.24, 2.45) is 0 Å². The van der Waals surface area contributed by atoms with E-state index in [1.165, 1.54) is 14.0 Å². The average molecular weight is 229 g/mol. The normalized spacial score (nSPS) is 10.0. The van der Waals surface area contributed by atoms with Gasteiger partial charge in [-0.15, -0.1) is 0 Å². The molecule has 1 aromatic rings. The van der Waals surface area contributed by atoms with Gasteiger partial charge in [0.15, 0.2) is 0 Å². The number of esters is 1. The Bertz CT molecular complexity index is 394. The molecule has 0 heterocycles. The summed E-state index contributed by atoms with van der Waals surface area (Å²) in [4.78, 5) is 10.8. The molecule has 88 valence electrons. The van der Waals surface area contributed by atoms with Crippen LogP contribution in [0.3, 0.4) is 0 Å². The number of halogens is 2. The number of hydrogen-bond acceptors (Lipinski definition) is 3. The topological polar surface area (TPSA) is 38.3 Å². The number of carbonyl (C=O) groups excluding carboxylic acids is 1. The number of methoxy groups -OCH3 is 1. The summed E-state index contributed by atoms with van der Waals surface area (Å²) in [5.41, 5.74) is 0.294. The van der Waals surface area contributed by atoms with Crippen molar-refractivity contribution in [1.29, 1.82) is 0 Å². The second kappa shape index (κ2) is 5.44. The molecule has 0 saturated heterocycles. The molecule has 0 fully saturated rings. The Kier molecular flexibility index (Phi) is 4.22. The predicted molar refractivity (Wildman–Crippen MR) is 56.2 cm³/mol. The molecule has 0 aliphatic heterocycles. The monoisotopic (exact) mass is 229 g/mol. The Balaban J connectivity index is 2.60. The largest absolute Gasteiger partial charge is 0.469 e. The molecule has 0 amide bonds. The van der Waals surface area contributed by atoms with Gasteiger partial charge >= 0.3 is 5.97 Å². The Hall–Kier alpha value is -1.65. The van der Waals surface area contributed by atoms with Crippen LogP contribution >= 0.6 is 0 Å². The highest BCUT2D eigenvalue weighted by Crippen LogP contribution is 2.18. The second-order valence-corrected chi connectivity index (χ2v) is 3.33. The van der Waals surface area contributed by atoms with Crippen LogP contribution in [0.25, 0.3) is 0 Å². The van der Waals surface area contributed by atoms with Crippen molar-refractivity contribution >= 4 is 11.7 Å². The molecule has 3 nitrogen and oxygen atoms in total. The minimum absolute atomic E-state index is 0.0482. The van der Waals surface area contributed by atoms with Crippen molar-refractivity contribution in [3.8, 4) is 0 Å². The molecule has 0 atom stereocenters. The van der Waals surface area contributed by atoms with Gasteiger partial charge in [-0.25, -0.2) is 8.78 Å². The standard InChI is InChI=1S/C11H13F2NO2/c1-7-5-9(13)10(6-8(7)12)14-4-3-11(15)16-2/h5-6,14H,3-4H2,1-2H3. The van der Waals surface area contributed by atoms with E-state index in [4.69, 9.17) is 0 Å². The molecule has 0 saturated carbocycles. The maximum absolute atomic E-state index is 13.3. The lowest BCUT2D eigenvalue weighted by Crippen LogP contribution is -2.10. The van der Waals surface area contributed by atoms with Gasteiger partial charge in [-0.05, 0) is 18.6 Å². The van der Waals surface area contributed by atoms with Gasteiger partial charge in [0.1, 0.15) is 11.6 Å². The molecule has 0 radical (unpaired) electrons. The van der Waals surface area contributed by atoms with Crippen molar-refractivity contribution in [2.75, 3.05) is 19.0 Å². The number of nitrogens with one attached hydrogen (secondary N) is 1. The van der Waals surface area contributed by atoms with Crippen LogP contribution in [0, 0.1) is 18.6 Å². The summed E-state index contributed by atoms with van der Waals surface area (Å²) in [5.74, 6) is -1.42. The predicted octanol–water partition coefficient (Wildman–Crippen LogP) is 2.25. The van der Waals surface area contributed by atoms with Crippen LogP contribution in [0.4, 0.5) is 14.5 Å². The first kappa shape index (κ1) is 12.4. The van der Waals surface area contributed by atoms with Crippen molar-refractivity contribution < 1.29 is 18.3 Å². The number of anilines is 1. The zero-order valence-electron chi connectivity index (χ0n) is 9.14. The van der Waals surface area contributed by atoms with Crippen LogP contribution in [0.2, 0.25) is 0 Å². The van der Waals surface area contributed by atoms with Crippen LogP contribution in [-0.4, -0.2) is 19.6 Å². The zero-order valence-corrected chi connectivity index (χ0v) is 9.14. The lowest BCUT2D eigenvalue weighted by molar-refractivity contribution is -0.140. The highest BCUT2D eigenvalue weighted by atomic mass is 19.1. The fraction of sp³-hybridized carbons (Fsp3) is 0.364. The Morgan fingerprint density at radius 3 is 2.69 bits per heavy atom. The van der Waals surface area contributed by atoms with Crippen molar-refractivity contribution in [1.82, 2.24) is 0 Å². The fourth-order valence-electron chi connectivity index (χ4n) is 1.18. The number of ether oxygens (including phenoxy) is 1. The van der Waals surface area contributed by atoms with E-state index in [9.17, 15) is 13.6 Å². The summed E-state index contributed by atoms with van der Waals surface area (Å²) in [5, 5.41) is 2.63. The van der Waals surface area contributed by atoms with Crippen molar-refractivity contribution in [2.45, 2.75) is 13.3 Å². The molecule has 0 aliphatic carbocycles. The fourth-order valence-corrected chi connectivity index (χ4v) is 1.18. The molecule has 1 N–H and O–H groups in total. The number of rotatable bonds is 4. The second-order valence-electron chi connectivity index (χ2n) is 3.33. The van der Waals surface area contributed by atoms with E-state index in [1.54, 1.807) is 0 Å². The molecule has 0 aliphatic rings. The smallest absolute Gasteiger partial charge is 0.307 e. The lowest BCUT2D eigenvalue weighted by atomic mass is 10.2. The van der Waals surface area contributed by atoms with E-state index >= 15 is 0 Å². The van der Waals surface area contributed by atoms with E-state index in [1.807, 2.05) is 0 Å². The van der Waals surface area contributed by atoms with Crippen LogP contribution in [0.1, 0.15) is 12.0 Å². The zero-order chi connectivity index (χ0) is 12.1. The van der Waals surface area contributed by atoms with Crippen molar-refractivity contribution in [3.05, 3.63) is 29.3 Å². The number of benzene rings is 1. The molecule has 0 bridgehead atoms. The average Bonchev–Trinajstić information content (AvgIpc) is 2.25. The van der Waals surface area contributed by atoms with Crippen LogP contribution in [0.5, 0.6) is 0 Å². The molecular formula is C11H13F2NO2. The molecular weight excluding hydrogens is 216 g/mol. The quantitative estimate of drug-likeness (QED) is 0.805. The number of hydrogen-bond donors (Lipinski definition) is 1. The molecule has 0 aromatic heterocycles. The van der Waals surface area contributed by atoms with E-state index in [2.05, 4.69) is 10.1 Å². The van der Waals surface area contributed by atoms with Gasteiger partial charge in [0.25, 0.3) is 0 Å². The first-order valence-corrected chi connectivity index (χ1v) is 4.81. The Morgan fingerprint density at radius 2 is 2.06 bits per heavy atom. The summed E-state index contributed by atoms with van der Waals surface area (Å²) < 4.78 is 30.8. The first-order chi connectivity index (χ1) is 7.54. The van der Waals surface area contributed by atoms with Gasteiger partial charge in [-0.1, -0.05) is 0 Å². The Labute approximate surface area is 92.4 Å². The minimum atomic E-state index is -0.538. The van der Waals surface area contributed by atoms with Crippen LogP contribution < -0.4 is 5.32 Å². The number of carbonyl (C=O) groups is 1. The minimum Gasteiger partial charge on any atom is -0.469 e. The van der Waals surface area contributed by atoms with Crippen molar-refractivity contribution in [3.63, 3.8) is 0 Å². The maximum atomic E-state index is 13.3. The molecule has 5 heteroatoms. The van der Waals surface area contributed by atoms with Gasteiger partial charge in [0.2, 0.25) is 0 Å². The van der Waals surface area contributed by atoms with E-state index in [0.29, 0.717) is 0 Å². The van der Waals surface area contributed by atoms with Gasteiger partial charge in [-0.2, -0.15) is 0 Å². The Morgan fingerprint density at radius 1 is 1.38 bits per heavy atom. The highest BCUT2D eigenvalue weighted by molar-refractivity contribution is 5.69. The van der Waals surface area contributed by atoms with Gasteiger partial charge < -0.3 is 10.1 Å². The third-order valence-corrected chi connectivity index (χ3v) is 2.12. The summed E-state index contributed by atoms with van der Waals surface area (Å²) in [6, 6.07) is 2.18. The van der Waals surface area contributed by atoms with E-state index < -0.39 is 17.6 Å². The summed E-state index contributed by atoms with van der Waals surface area (Å²) in [6.45, 7) is 1.68. The van der Waals surface area contributed by atoms with Gasteiger partial charge in [0, 0.05) is 12.6 Å². The molecule has 0 spiro atoms. The summed E-state index contributed by atoms with van der Waals surface area (Å²) >= 11 is 0. The van der Waals surface area contributed by atoms with Crippen LogP contribution in [-0.2, 0) is 9.53 Å². The molecule has 0 unspecified atom stereocenters. The van der Waals surface area contributed by atoms with Gasteiger partial charge in [0.05, 0.1) is 19.2 Å². The lowest BCUT2D eigenvalue weighted by Gasteiger charge is -2.08.